The van der Waals surface area contributed by atoms with Gasteiger partial charge in [-0.05, 0) is 25.2 Å². The van der Waals surface area contributed by atoms with E-state index in [1.54, 1.807) is 0 Å². The van der Waals surface area contributed by atoms with Gasteiger partial charge in [-0.3, -0.25) is 18.4 Å². The summed E-state index contributed by atoms with van der Waals surface area (Å²) in [6.07, 6.45) is 2.32. The second kappa shape index (κ2) is 12.2. The van der Waals surface area contributed by atoms with Crippen LogP contribution in [0.1, 0.15) is 73.6 Å². The molecule has 7 nitrogen and oxygen atoms in total. The van der Waals surface area contributed by atoms with Crippen molar-refractivity contribution >= 4 is 13.8 Å². The maximum Gasteiger partial charge on any atom is 0.477 e. The van der Waals surface area contributed by atoms with Crippen LogP contribution in [0.2, 0.25) is 0 Å². The van der Waals surface area contributed by atoms with Crippen molar-refractivity contribution in [1.29, 1.82) is 0 Å². The van der Waals surface area contributed by atoms with E-state index >= 15 is 0 Å². The topological polar surface area (TPSA) is 80.3 Å². The maximum absolute atomic E-state index is 13.2. The molecule has 1 saturated heterocycles. The van der Waals surface area contributed by atoms with Gasteiger partial charge in [0, 0.05) is 12.8 Å². The van der Waals surface area contributed by atoms with Crippen molar-refractivity contribution in [3.63, 3.8) is 0 Å². The van der Waals surface area contributed by atoms with E-state index in [0.717, 1.165) is 32.1 Å². The Morgan fingerprint density at radius 2 is 1.56 bits per heavy atom. The van der Waals surface area contributed by atoms with Gasteiger partial charge in [0.15, 0.2) is 6.10 Å². The van der Waals surface area contributed by atoms with Crippen LogP contribution >= 0.6 is 7.82 Å². The average Bonchev–Trinajstić information content (AvgIpc) is 2.61. The van der Waals surface area contributed by atoms with Crippen LogP contribution in [0.4, 0.5) is 0 Å². The SMILES string of the molecule is CCCCOP(=O)(OCCCC)O[C@@H]1OC(CC)[C@H](C)[C@H](C)C1OC(C)=O. The second-order valence-electron chi connectivity index (χ2n) is 7.17. The molecule has 0 aliphatic carbocycles. The highest BCUT2D eigenvalue weighted by Crippen LogP contribution is 2.53. The lowest BCUT2D eigenvalue weighted by Gasteiger charge is -2.43. The molecule has 8 heteroatoms. The Labute approximate surface area is 164 Å². The monoisotopic (exact) mass is 408 g/mol. The molecule has 160 valence electrons. The number of carbonyl (C=O) groups is 1. The number of phosphoric acid groups is 1. The fraction of sp³-hybridized carbons (Fsp3) is 0.947. The van der Waals surface area contributed by atoms with Gasteiger partial charge in [-0.2, -0.15) is 0 Å². The fourth-order valence-electron chi connectivity index (χ4n) is 3.03. The molecule has 1 fully saturated rings. The van der Waals surface area contributed by atoms with E-state index in [2.05, 4.69) is 6.92 Å². The number of phosphoric ester groups is 1. The highest BCUT2D eigenvalue weighted by Gasteiger charge is 2.47. The summed E-state index contributed by atoms with van der Waals surface area (Å²) in [5.74, 6) is -0.280. The number of rotatable bonds is 12. The minimum absolute atomic E-state index is 0.0164. The molecule has 1 rings (SSSR count). The minimum atomic E-state index is -3.83. The van der Waals surface area contributed by atoms with Crippen molar-refractivity contribution in [2.45, 2.75) is 92.1 Å². The maximum atomic E-state index is 13.2. The van der Waals surface area contributed by atoms with Gasteiger partial charge < -0.3 is 9.47 Å². The molecule has 1 aliphatic rings. The van der Waals surface area contributed by atoms with E-state index in [1.165, 1.54) is 6.92 Å². The van der Waals surface area contributed by atoms with Crippen LogP contribution in [0.5, 0.6) is 0 Å². The summed E-state index contributed by atoms with van der Waals surface area (Å²) >= 11 is 0. The number of esters is 1. The molecule has 27 heavy (non-hydrogen) atoms. The largest absolute Gasteiger partial charge is 0.477 e. The van der Waals surface area contributed by atoms with Gasteiger partial charge in [-0.15, -0.1) is 0 Å². The minimum Gasteiger partial charge on any atom is -0.457 e. The quantitative estimate of drug-likeness (QED) is 0.253. The van der Waals surface area contributed by atoms with Gasteiger partial charge in [0.2, 0.25) is 6.29 Å². The second-order valence-corrected chi connectivity index (χ2v) is 8.79. The van der Waals surface area contributed by atoms with Crippen LogP contribution in [-0.2, 0) is 32.4 Å². The molecule has 0 saturated carbocycles. The van der Waals surface area contributed by atoms with Crippen LogP contribution in [0.3, 0.4) is 0 Å². The normalized spacial score (nSPS) is 28.9. The van der Waals surface area contributed by atoms with Crippen molar-refractivity contribution in [3.8, 4) is 0 Å². The smallest absolute Gasteiger partial charge is 0.457 e. The zero-order valence-electron chi connectivity index (χ0n) is 17.6. The first-order valence-corrected chi connectivity index (χ1v) is 11.6. The lowest BCUT2D eigenvalue weighted by atomic mass is 9.82. The molecule has 0 aromatic rings. The molecule has 0 amide bonds. The molecule has 0 aromatic carbocycles. The van der Waals surface area contributed by atoms with Gasteiger partial charge in [0.05, 0.1) is 19.3 Å². The molecule has 0 N–H and O–H groups in total. The Balaban J connectivity index is 2.96. The highest BCUT2D eigenvalue weighted by atomic mass is 31.2. The van der Waals surface area contributed by atoms with Gasteiger partial charge in [0.1, 0.15) is 0 Å². The van der Waals surface area contributed by atoms with Crippen LogP contribution < -0.4 is 0 Å². The molecule has 0 spiro atoms. The first kappa shape index (κ1) is 24.6. The summed E-state index contributed by atoms with van der Waals surface area (Å²) in [7, 11) is -3.83. The molecule has 0 radical (unpaired) electrons. The third-order valence-corrected chi connectivity index (χ3v) is 6.41. The molecular weight excluding hydrogens is 371 g/mol. The average molecular weight is 408 g/mol. The first-order valence-electron chi connectivity index (χ1n) is 10.2. The Bertz CT molecular complexity index is 471. The number of hydrogen-bond donors (Lipinski definition) is 0. The summed E-state index contributed by atoms with van der Waals surface area (Å²) in [5, 5.41) is 0. The van der Waals surface area contributed by atoms with Crippen LogP contribution in [0.15, 0.2) is 0 Å². The Hall–Kier alpha value is -0.460. The zero-order valence-corrected chi connectivity index (χ0v) is 18.5. The predicted octanol–water partition coefficient (Wildman–Crippen LogP) is 5.08. The molecular formula is C19H37O7P. The molecule has 1 aliphatic heterocycles. The van der Waals surface area contributed by atoms with Gasteiger partial charge in [0.25, 0.3) is 0 Å². The van der Waals surface area contributed by atoms with E-state index in [4.69, 9.17) is 23.0 Å². The van der Waals surface area contributed by atoms with E-state index < -0.39 is 26.2 Å². The summed E-state index contributed by atoms with van der Waals surface area (Å²) in [6.45, 7) is 12.0. The van der Waals surface area contributed by atoms with Gasteiger partial charge >= 0.3 is 13.8 Å². The van der Waals surface area contributed by atoms with Crippen molar-refractivity contribution < 1.29 is 32.4 Å². The first-order chi connectivity index (χ1) is 12.8. The number of unbranched alkanes of at least 4 members (excludes halogenated alkanes) is 2. The fourth-order valence-corrected chi connectivity index (χ4v) is 4.36. The molecule has 0 bridgehead atoms. The standard InChI is InChI=1S/C19H37O7P/c1-7-10-12-22-27(21,23-13-11-8-2)26-19-18(24-16(6)20)15(5)14(4)17(9-3)25-19/h14-15,17-19H,7-13H2,1-6H3/t14-,15+,17?,18?,19+/m1/s1. The van der Waals surface area contributed by atoms with Crippen molar-refractivity contribution in [2.75, 3.05) is 13.2 Å². The number of hydrogen-bond acceptors (Lipinski definition) is 7. The lowest BCUT2D eigenvalue weighted by molar-refractivity contribution is -0.252. The summed E-state index contributed by atoms with van der Waals surface area (Å²) in [6, 6.07) is 0. The van der Waals surface area contributed by atoms with E-state index in [9.17, 15) is 9.36 Å². The molecule has 1 heterocycles. The molecule has 0 aromatic heterocycles. The van der Waals surface area contributed by atoms with Crippen molar-refractivity contribution in [2.24, 2.45) is 11.8 Å². The highest BCUT2D eigenvalue weighted by molar-refractivity contribution is 7.48. The third-order valence-electron chi connectivity index (χ3n) is 4.94. The number of carbonyl (C=O) groups excluding carboxylic acids is 1. The van der Waals surface area contributed by atoms with E-state index in [0.29, 0.717) is 0 Å². The summed E-state index contributed by atoms with van der Waals surface area (Å²) < 4.78 is 41.4. The predicted molar refractivity (Wildman–Crippen MR) is 103 cm³/mol. The van der Waals surface area contributed by atoms with E-state index in [1.807, 2.05) is 27.7 Å². The van der Waals surface area contributed by atoms with Crippen molar-refractivity contribution in [3.05, 3.63) is 0 Å². The van der Waals surface area contributed by atoms with Crippen LogP contribution in [0.25, 0.3) is 0 Å². The van der Waals surface area contributed by atoms with Gasteiger partial charge in [-0.1, -0.05) is 47.5 Å². The zero-order chi connectivity index (χ0) is 20.4. The Morgan fingerprint density at radius 1 is 1.00 bits per heavy atom. The van der Waals surface area contributed by atoms with Gasteiger partial charge in [-0.25, -0.2) is 4.57 Å². The van der Waals surface area contributed by atoms with Crippen LogP contribution in [0, 0.1) is 11.8 Å². The summed E-state index contributed by atoms with van der Waals surface area (Å²) in [5.41, 5.74) is 0. The number of ether oxygens (including phenoxy) is 2. The Morgan fingerprint density at radius 3 is 2.00 bits per heavy atom. The third kappa shape index (κ3) is 7.82. The summed E-state index contributed by atoms with van der Waals surface area (Å²) in [4.78, 5) is 11.6. The van der Waals surface area contributed by atoms with Crippen molar-refractivity contribution in [1.82, 2.24) is 0 Å². The molecule has 5 atom stereocenters. The molecule has 2 unspecified atom stereocenters. The van der Waals surface area contributed by atoms with Crippen LogP contribution in [-0.4, -0.2) is 37.7 Å². The Kier molecular flexibility index (Phi) is 11.1. The van der Waals surface area contributed by atoms with E-state index in [-0.39, 0.29) is 31.2 Å². The lowest BCUT2D eigenvalue weighted by Crippen LogP contribution is -2.51.